The van der Waals surface area contributed by atoms with Crippen LogP contribution in [0.15, 0.2) is 18.2 Å². The van der Waals surface area contributed by atoms with Gasteiger partial charge < -0.3 is 10.2 Å². The van der Waals surface area contributed by atoms with E-state index in [4.69, 9.17) is 0 Å². The maximum atomic E-state index is 13.4. The molecule has 1 heterocycles. The first kappa shape index (κ1) is 13.5. The zero-order valence-corrected chi connectivity index (χ0v) is 10.9. The summed E-state index contributed by atoms with van der Waals surface area (Å²) in [5.41, 5.74) is 0.979. The third-order valence-electron chi connectivity index (χ3n) is 3.44. The molecule has 0 saturated carbocycles. The standard InChI is InChI=1S/C14H17FN2O2/c1-16-14(19)11-3-2-4-17(8-11)13-6-10(9-18)5-12(15)7-13/h5-7,9,11H,2-4,8H2,1H3,(H,16,19). The van der Waals surface area contributed by atoms with E-state index < -0.39 is 5.82 Å². The van der Waals surface area contributed by atoms with E-state index in [-0.39, 0.29) is 11.8 Å². The molecule has 102 valence electrons. The molecule has 1 fully saturated rings. The van der Waals surface area contributed by atoms with Gasteiger partial charge in [0.15, 0.2) is 0 Å². The molecular weight excluding hydrogens is 247 g/mol. The molecule has 1 aromatic rings. The minimum absolute atomic E-state index is 0.0108. The highest BCUT2D eigenvalue weighted by Crippen LogP contribution is 2.24. The number of nitrogens with zero attached hydrogens (tertiary/aromatic N) is 1. The molecule has 0 bridgehead atoms. The van der Waals surface area contributed by atoms with E-state index in [1.165, 1.54) is 12.1 Å². The fourth-order valence-corrected chi connectivity index (χ4v) is 2.48. The topological polar surface area (TPSA) is 49.4 Å². The molecule has 1 aliphatic rings. The molecule has 1 aliphatic heterocycles. The van der Waals surface area contributed by atoms with Gasteiger partial charge in [-0.05, 0) is 31.0 Å². The Hall–Kier alpha value is -1.91. The van der Waals surface area contributed by atoms with Crippen molar-refractivity contribution in [3.05, 3.63) is 29.6 Å². The Morgan fingerprint density at radius 1 is 1.47 bits per heavy atom. The molecule has 0 spiro atoms. The molecule has 0 aromatic heterocycles. The smallest absolute Gasteiger partial charge is 0.224 e. The van der Waals surface area contributed by atoms with Crippen LogP contribution < -0.4 is 10.2 Å². The molecule has 1 atom stereocenters. The van der Waals surface area contributed by atoms with Gasteiger partial charge in [-0.15, -0.1) is 0 Å². The molecule has 1 unspecified atom stereocenters. The molecule has 5 heteroatoms. The van der Waals surface area contributed by atoms with Gasteiger partial charge in [-0.1, -0.05) is 0 Å². The molecule has 1 saturated heterocycles. The molecule has 19 heavy (non-hydrogen) atoms. The van der Waals surface area contributed by atoms with E-state index in [1.54, 1.807) is 13.1 Å². The van der Waals surface area contributed by atoms with Crippen LogP contribution in [0.25, 0.3) is 0 Å². The van der Waals surface area contributed by atoms with Crippen molar-refractivity contribution in [1.82, 2.24) is 5.32 Å². The minimum Gasteiger partial charge on any atom is -0.371 e. The fourth-order valence-electron chi connectivity index (χ4n) is 2.48. The lowest BCUT2D eigenvalue weighted by Gasteiger charge is -2.33. The predicted octanol–water partition coefficient (Wildman–Crippen LogP) is 1.60. The van der Waals surface area contributed by atoms with Crippen LogP contribution in [-0.2, 0) is 4.79 Å². The third-order valence-corrected chi connectivity index (χ3v) is 3.44. The number of hydrogen-bond donors (Lipinski definition) is 1. The number of nitrogens with one attached hydrogen (secondary N) is 1. The molecule has 1 N–H and O–H groups in total. The largest absolute Gasteiger partial charge is 0.371 e. The van der Waals surface area contributed by atoms with Gasteiger partial charge in [-0.25, -0.2) is 4.39 Å². The van der Waals surface area contributed by atoms with Gasteiger partial charge in [0.2, 0.25) is 5.91 Å². The summed E-state index contributed by atoms with van der Waals surface area (Å²) in [5, 5.41) is 2.64. The second kappa shape index (κ2) is 5.82. The summed E-state index contributed by atoms with van der Waals surface area (Å²) in [5.74, 6) is -0.500. The number of rotatable bonds is 3. The molecular formula is C14H17FN2O2. The summed E-state index contributed by atoms with van der Waals surface area (Å²) in [6.45, 7) is 1.33. The molecule has 0 aliphatic carbocycles. The number of anilines is 1. The number of amides is 1. The Bertz CT molecular complexity index is 490. The highest BCUT2D eigenvalue weighted by molar-refractivity contribution is 5.80. The van der Waals surface area contributed by atoms with Crippen LogP contribution >= 0.6 is 0 Å². The number of carbonyl (C=O) groups excluding carboxylic acids is 2. The quantitative estimate of drug-likeness (QED) is 0.844. The monoisotopic (exact) mass is 264 g/mol. The van der Waals surface area contributed by atoms with Crippen molar-refractivity contribution in [1.29, 1.82) is 0 Å². The summed E-state index contributed by atoms with van der Waals surface area (Å²) in [6, 6.07) is 4.26. The molecule has 1 aromatic carbocycles. The van der Waals surface area contributed by atoms with Gasteiger partial charge in [-0.2, -0.15) is 0 Å². The lowest BCUT2D eigenvalue weighted by Crippen LogP contribution is -2.42. The van der Waals surface area contributed by atoms with E-state index in [0.717, 1.165) is 19.4 Å². The van der Waals surface area contributed by atoms with Gasteiger partial charge in [-0.3, -0.25) is 9.59 Å². The summed E-state index contributed by atoms with van der Waals surface area (Å²) < 4.78 is 13.4. The second-order valence-electron chi connectivity index (χ2n) is 4.76. The maximum Gasteiger partial charge on any atom is 0.224 e. The summed E-state index contributed by atoms with van der Waals surface area (Å²) in [4.78, 5) is 24.4. The van der Waals surface area contributed by atoms with Crippen LogP contribution in [0, 0.1) is 11.7 Å². The first-order valence-electron chi connectivity index (χ1n) is 6.36. The molecule has 0 radical (unpaired) electrons. The Morgan fingerprint density at radius 2 is 2.26 bits per heavy atom. The predicted molar refractivity (Wildman–Crippen MR) is 70.8 cm³/mol. The second-order valence-corrected chi connectivity index (χ2v) is 4.76. The number of carbonyl (C=O) groups is 2. The van der Waals surface area contributed by atoms with Gasteiger partial charge in [0, 0.05) is 31.4 Å². The van der Waals surface area contributed by atoms with Crippen LogP contribution in [0.1, 0.15) is 23.2 Å². The maximum absolute atomic E-state index is 13.4. The van der Waals surface area contributed by atoms with Crippen LogP contribution in [0.2, 0.25) is 0 Å². The number of aldehydes is 1. The van der Waals surface area contributed by atoms with E-state index in [1.807, 2.05) is 4.90 Å². The molecule has 4 nitrogen and oxygen atoms in total. The van der Waals surface area contributed by atoms with Crippen LogP contribution in [0.5, 0.6) is 0 Å². The van der Waals surface area contributed by atoms with E-state index in [9.17, 15) is 14.0 Å². The van der Waals surface area contributed by atoms with Crippen molar-refractivity contribution >= 4 is 17.9 Å². The van der Waals surface area contributed by atoms with Crippen LogP contribution in [0.3, 0.4) is 0 Å². The molecule has 2 rings (SSSR count). The first-order valence-corrected chi connectivity index (χ1v) is 6.36. The Morgan fingerprint density at radius 3 is 2.95 bits per heavy atom. The van der Waals surface area contributed by atoms with Crippen molar-refractivity contribution < 1.29 is 14.0 Å². The number of hydrogen-bond acceptors (Lipinski definition) is 3. The minimum atomic E-state index is -0.429. The number of halogens is 1. The highest BCUT2D eigenvalue weighted by Gasteiger charge is 2.25. The third kappa shape index (κ3) is 3.10. The van der Waals surface area contributed by atoms with Crippen molar-refractivity contribution in [2.45, 2.75) is 12.8 Å². The Balaban J connectivity index is 2.19. The average Bonchev–Trinajstić information content (AvgIpc) is 2.45. The van der Waals surface area contributed by atoms with Crippen molar-refractivity contribution in [2.24, 2.45) is 5.92 Å². The van der Waals surface area contributed by atoms with Crippen molar-refractivity contribution in [2.75, 3.05) is 25.0 Å². The zero-order chi connectivity index (χ0) is 13.8. The lowest BCUT2D eigenvalue weighted by molar-refractivity contribution is -0.124. The number of benzene rings is 1. The van der Waals surface area contributed by atoms with E-state index in [2.05, 4.69) is 5.32 Å². The van der Waals surface area contributed by atoms with Crippen molar-refractivity contribution in [3.63, 3.8) is 0 Å². The van der Waals surface area contributed by atoms with Gasteiger partial charge >= 0.3 is 0 Å². The van der Waals surface area contributed by atoms with E-state index >= 15 is 0 Å². The fraction of sp³-hybridized carbons (Fsp3) is 0.429. The summed E-state index contributed by atoms with van der Waals surface area (Å²) in [6.07, 6.45) is 2.35. The summed E-state index contributed by atoms with van der Waals surface area (Å²) in [7, 11) is 1.62. The Labute approximate surface area is 111 Å². The summed E-state index contributed by atoms with van der Waals surface area (Å²) >= 11 is 0. The highest BCUT2D eigenvalue weighted by atomic mass is 19.1. The van der Waals surface area contributed by atoms with Crippen LogP contribution in [-0.4, -0.2) is 32.3 Å². The van der Waals surface area contributed by atoms with Crippen LogP contribution in [0.4, 0.5) is 10.1 Å². The lowest BCUT2D eigenvalue weighted by atomic mass is 9.96. The zero-order valence-electron chi connectivity index (χ0n) is 10.9. The average molecular weight is 264 g/mol. The van der Waals surface area contributed by atoms with Gasteiger partial charge in [0.1, 0.15) is 12.1 Å². The van der Waals surface area contributed by atoms with Gasteiger partial charge in [0.05, 0.1) is 5.92 Å². The van der Waals surface area contributed by atoms with Gasteiger partial charge in [0.25, 0.3) is 0 Å². The normalized spacial score (nSPS) is 19.1. The first-order chi connectivity index (χ1) is 9.13. The Kier molecular flexibility index (Phi) is 4.14. The van der Waals surface area contributed by atoms with Crippen molar-refractivity contribution in [3.8, 4) is 0 Å². The SMILES string of the molecule is CNC(=O)C1CCCN(c2cc(F)cc(C=O)c2)C1. The molecule has 1 amide bonds. The number of piperidine rings is 1. The van der Waals surface area contributed by atoms with E-state index in [0.29, 0.717) is 24.1 Å².